The Bertz CT molecular complexity index is 354. The lowest BCUT2D eigenvalue weighted by Crippen LogP contribution is -2.25. The van der Waals surface area contributed by atoms with Crippen molar-refractivity contribution in [1.29, 1.82) is 0 Å². The lowest BCUT2D eigenvalue weighted by atomic mass is 10.1. The number of benzene rings is 1. The number of phenols is 1. The summed E-state index contributed by atoms with van der Waals surface area (Å²) in [5.41, 5.74) is 0.864. The standard InChI is InChI=1S/C15H24ClNO/c1-3-4-5-6-8-12(2)17-11-13-9-7-10-14(16)15(13)18/h7,9-10,12,17-18H,3-6,8,11H2,1-2H3. The maximum atomic E-state index is 9.78. The van der Waals surface area contributed by atoms with Crippen LogP contribution in [0.1, 0.15) is 51.5 Å². The number of hydrogen-bond acceptors (Lipinski definition) is 2. The molecule has 0 radical (unpaired) electrons. The Morgan fingerprint density at radius 1 is 1.28 bits per heavy atom. The molecular formula is C15H24ClNO. The van der Waals surface area contributed by atoms with Crippen molar-refractivity contribution in [2.24, 2.45) is 0 Å². The van der Waals surface area contributed by atoms with E-state index in [1.807, 2.05) is 12.1 Å². The van der Waals surface area contributed by atoms with Gasteiger partial charge in [0.2, 0.25) is 0 Å². The van der Waals surface area contributed by atoms with Gasteiger partial charge in [-0.15, -0.1) is 0 Å². The molecule has 1 aromatic carbocycles. The zero-order valence-electron chi connectivity index (χ0n) is 11.4. The Kier molecular flexibility index (Phi) is 7.14. The monoisotopic (exact) mass is 269 g/mol. The van der Waals surface area contributed by atoms with Gasteiger partial charge >= 0.3 is 0 Å². The van der Waals surface area contributed by atoms with Gasteiger partial charge in [0.15, 0.2) is 0 Å². The van der Waals surface area contributed by atoms with E-state index in [0.29, 0.717) is 17.6 Å². The maximum absolute atomic E-state index is 9.78. The van der Waals surface area contributed by atoms with E-state index in [4.69, 9.17) is 11.6 Å². The van der Waals surface area contributed by atoms with Crippen LogP contribution in [-0.4, -0.2) is 11.1 Å². The quantitative estimate of drug-likeness (QED) is 0.682. The summed E-state index contributed by atoms with van der Waals surface area (Å²) in [4.78, 5) is 0. The number of aromatic hydroxyl groups is 1. The highest BCUT2D eigenvalue weighted by atomic mass is 35.5. The fraction of sp³-hybridized carbons (Fsp3) is 0.600. The average Bonchev–Trinajstić information content (AvgIpc) is 2.36. The van der Waals surface area contributed by atoms with Crippen molar-refractivity contribution in [1.82, 2.24) is 5.32 Å². The molecule has 0 aliphatic carbocycles. The first-order valence-corrected chi connectivity index (χ1v) is 7.22. The molecule has 2 nitrogen and oxygen atoms in total. The van der Waals surface area contributed by atoms with Crippen LogP contribution in [-0.2, 0) is 6.54 Å². The molecule has 0 saturated carbocycles. The van der Waals surface area contributed by atoms with Crippen molar-refractivity contribution in [3.63, 3.8) is 0 Å². The van der Waals surface area contributed by atoms with Crippen LogP contribution in [0.4, 0.5) is 0 Å². The number of para-hydroxylation sites is 1. The Morgan fingerprint density at radius 3 is 2.78 bits per heavy atom. The first-order valence-electron chi connectivity index (χ1n) is 6.85. The van der Waals surface area contributed by atoms with Gasteiger partial charge in [0, 0.05) is 18.2 Å². The Morgan fingerprint density at radius 2 is 2.06 bits per heavy atom. The van der Waals surface area contributed by atoms with E-state index in [-0.39, 0.29) is 5.75 Å². The molecule has 0 bridgehead atoms. The van der Waals surface area contributed by atoms with Crippen LogP contribution in [0.15, 0.2) is 18.2 Å². The molecule has 0 spiro atoms. The Labute approximate surface area is 115 Å². The van der Waals surface area contributed by atoms with E-state index in [0.717, 1.165) is 5.56 Å². The highest BCUT2D eigenvalue weighted by Crippen LogP contribution is 2.26. The second-order valence-electron chi connectivity index (χ2n) is 4.88. The molecule has 1 aromatic rings. The van der Waals surface area contributed by atoms with Crippen LogP contribution in [0.25, 0.3) is 0 Å². The molecule has 1 atom stereocenters. The lowest BCUT2D eigenvalue weighted by Gasteiger charge is -2.14. The van der Waals surface area contributed by atoms with Gasteiger partial charge in [-0.2, -0.15) is 0 Å². The third kappa shape index (κ3) is 5.28. The van der Waals surface area contributed by atoms with Gasteiger partial charge in [-0.05, 0) is 19.4 Å². The Balaban J connectivity index is 2.29. The van der Waals surface area contributed by atoms with Crippen LogP contribution in [0, 0.1) is 0 Å². The van der Waals surface area contributed by atoms with Crippen molar-refractivity contribution in [3.8, 4) is 5.75 Å². The van der Waals surface area contributed by atoms with Gasteiger partial charge in [0.25, 0.3) is 0 Å². The van der Waals surface area contributed by atoms with E-state index < -0.39 is 0 Å². The van der Waals surface area contributed by atoms with E-state index in [1.165, 1.54) is 32.1 Å². The summed E-state index contributed by atoms with van der Waals surface area (Å²) in [6, 6.07) is 5.94. The molecule has 2 N–H and O–H groups in total. The molecule has 0 aromatic heterocycles. The molecule has 0 heterocycles. The molecule has 0 saturated heterocycles. The summed E-state index contributed by atoms with van der Waals surface area (Å²) in [6.45, 7) is 5.08. The largest absolute Gasteiger partial charge is 0.506 e. The Hall–Kier alpha value is -0.730. The summed E-state index contributed by atoms with van der Waals surface area (Å²) in [7, 11) is 0. The molecule has 1 unspecified atom stereocenters. The number of unbranched alkanes of at least 4 members (excludes halogenated alkanes) is 3. The maximum Gasteiger partial charge on any atom is 0.138 e. The average molecular weight is 270 g/mol. The van der Waals surface area contributed by atoms with Gasteiger partial charge in [-0.25, -0.2) is 0 Å². The minimum absolute atomic E-state index is 0.199. The van der Waals surface area contributed by atoms with Gasteiger partial charge in [-0.3, -0.25) is 0 Å². The summed E-state index contributed by atoms with van der Waals surface area (Å²) in [5, 5.41) is 13.6. The van der Waals surface area contributed by atoms with Crippen LogP contribution >= 0.6 is 11.6 Å². The van der Waals surface area contributed by atoms with Gasteiger partial charge in [0.1, 0.15) is 5.75 Å². The van der Waals surface area contributed by atoms with Crippen molar-refractivity contribution >= 4 is 11.6 Å². The SMILES string of the molecule is CCCCCCC(C)NCc1cccc(Cl)c1O. The van der Waals surface area contributed by atoms with Crippen molar-refractivity contribution in [2.45, 2.75) is 58.5 Å². The fourth-order valence-electron chi connectivity index (χ4n) is 1.97. The number of rotatable bonds is 8. The van der Waals surface area contributed by atoms with Crippen molar-refractivity contribution < 1.29 is 5.11 Å². The molecule has 102 valence electrons. The smallest absolute Gasteiger partial charge is 0.138 e. The molecule has 1 rings (SSSR count). The topological polar surface area (TPSA) is 32.3 Å². The predicted octanol–water partition coefficient (Wildman–Crippen LogP) is 4.49. The van der Waals surface area contributed by atoms with E-state index in [1.54, 1.807) is 6.07 Å². The molecule has 18 heavy (non-hydrogen) atoms. The van der Waals surface area contributed by atoms with E-state index in [9.17, 15) is 5.11 Å². The minimum atomic E-state index is 0.199. The zero-order valence-corrected chi connectivity index (χ0v) is 12.1. The molecule has 0 amide bonds. The normalized spacial score (nSPS) is 12.6. The predicted molar refractivity (Wildman–Crippen MR) is 78.2 cm³/mol. The summed E-state index contributed by atoms with van der Waals surface area (Å²) < 4.78 is 0. The highest BCUT2D eigenvalue weighted by molar-refractivity contribution is 6.32. The molecule has 3 heteroatoms. The fourth-order valence-corrected chi connectivity index (χ4v) is 2.16. The second-order valence-corrected chi connectivity index (χ2v) is 5.29. The summed E-state index contributed by atoms with van der Waals surface area (Å²) >= 11 is 5.87. The summed E-state index contributed by atoms with van der Waals surface area (Å²) in [6.07, 6.45) is 6.36. The van der Waals surface area contributed by atoms with Crippen LogP contribution in [0.3, 0.4) is 0 Å². The number of phenolic OH excluding ortho intramolecular Hbond substituents is 1. The first kappa shape index (κ1) is 15.3. The molecule has 0 aliphatic heterocycles. The number of halogens is 1. The van der Waals surface area contributed by atoms with Crippen molar-refractivity contribution in [3.05, 3.63) is 28.8 Å². The number of hydrogen-bond donors (Lipinski definition) is 2. The third-order valence-corrected chi connectivity index (χ3v) is 3.51. The van der Waals surface area contributed by atoms with E-state index in [2.05, 4.69) is 19.2 Å². The summed E-state index contributed by atoms with van der Waals surface area (Å²) in [5.74, 6) is 0.199. The highest BCUT2D eigenvalue weighted by Gasteiger charge is 2.06. The molecule has 0 fully saturated rings. The van der Waals surface area contributed by atoms with Crippen LogP contribution < -0.4 is 5.32 Å². The van der Waals surface area contributed by atoms with Gasteiger partial charge < -0.3 is 10.4 Å². The van der Waals surface area contributed by atoms with E-state index >= 15 is 0 Å². The first-order chi connectivity index (χ1) is 8.65. The third-order valence-electron chi connectivity index (χ3n) is 3.20. The number of nitrogens with one attached hydrogen (secondary N) is 1. The second kappa shape index (κ2) is 8.39. The van der Waals surface area contributed by atoms with Crippen LogP contribution in [0.2, 0.25) is 5.02 Å². The molecule has 0 aliphatic rings. The van der Waals surface area contributed by atoms with Crippen LogP contribution in [0.5, 0.6) is 5.75 Å². The van der Waals surface area contributed by atoms with Gasteiger partial charge in [0.05, 0.1) is 5.02 Å². The zero-order chi connectivity index (χ0) is 13.4. The van der Waals surface area contributed by atoms with Gasteiger partial charge in [-0.1, -0.05) is 56.3 Å². The minimum Gasteiger partial charge on any atom is -0.506 e. The molecular weight excluding hydrogens is 246 g/mol. The lowest BCUT2D eigenvalue weighted by molar-refractivity contribution is 0.449. The van der Waals surface area contributed by atoms with Crippen molar-refractivity contribution in [2.75, 3.05) is 0 Å².